The summed E-state index contributed by atoms with van der Waals surface area (Å²) in [6.45, 7) is 3.72. The largest absolute Gasteiger partial charge is 0.394 e. The molecular weight excluding hydrogens is 767 g/mol. The summed E-state index contributed by atoms with van der Waals surface area (Å²) in [4.78, 5) is 12.8. The Morgan fingerprint density at radius 1 is 0.541 bits per heavy atom. The van der Waals surface area contributed by atoms with Gasteiger partial charge >= 0.3 is 0 Å². The number of hydrogen-bond acceptors (Lipinski definition) is 8. The average Bonchev–Trinajstić information content (AvgIpc) is 3.26. The van der Waals surface area contributed by atoms with Gasteiger partial charge in [0.2, 0.25) is 5.91 Å². The van der Waals surface area contributed by atoms with E-state index in [4.69, 9.17) is 9.47 Å². The maximum absolute atomic E-state index is 12.8. The summed E-state index contributed by atoms with van der Waals surface area (Å²) in [5, 5.41) is 54.1. The maximum Gasteiger partial charge on any atom is 0.220 e. The van der Waals surface area contributed by atoms with Crippen molar-refractivity contribution >= 4 is 5.91 Å². The molecule has 1 saturated heterocycles. The average molecular weight is 864 g/mol. The monoisotopic (exact) mass is 864 g/mol. The van der Waals surface area contributed by atoms with Gasteiger partial charge in [0, 0.05) is 6.42 Å². The van der Waals surface area contributed by atoms with Crippen LogP contribution in [-0.4, -0.2) is 87.5 Å². The summed E-state index contributed by atoms with van der Waals surface area (Å²) in [5.41, 5.74) is 0. The van der Waals surface area contributed by atoms with Crippen molar-refractivity contribution in [1.29, 1.82) is 0 Å². The Labute approximate surface area is 374 Å². The first-order chi connectivity index (χ1) is 29.8. The Morgan fingerprint density at radius 3 is 1.38 bits per heavy atom. The van der Waals surface area contributed by atoms with Crippen LogP contribution < -0.4 is 5.32 Å². The van der Waals surface area contributed by atoms with Crippen molar-refractivity contribution in [3.8, 4) is 0 Å². The molecule has 9 heteroatoms. The summed E-state index contributed by atoms with van der Waals surface area (Å²) < 4.78 is 11.2. The fourth-order valence-electron chi connectivity index (χ4n) is 8.07. The minimum atomic E-state index is -1.57. The number of aliphatic hydroxyl groups excluding tert-OH is 5. The van der Waals surface area contributed by atoms with Crippen LogP contribution in [0.25, 0.3) is 0 Å². The molecule has 358 valence electrons. The number of nitrogens with one attached hydrogen (secondary N) is 1. The quantitative estimate of drug-likeness (QED) is 0.0262. The zero-order valence-electron chi connectivity index (χ0n) is 39.4. The van der Waals surface area contributed by atoms with Gasteiger partial charge in [0.25, 0.3) is 0 Å². The molecule has 9 nitrogen and oxygen atoms in total. The number of hydrogen-bond donors (Lipinski definition) is 6. The zero-order chi connectivity index (χ0) is 44.4. The van der Waals surface area contributed by atoms with Crippen molar-refractivity contribution in [2.24, 2.45) is 0 Å². The first kappa shape index (κ1) is 57.4. The summed E-state index contributed by atoms with van der Waals surface area (Å²) in [6.07, 6.45) is 46.7. The third-order valence-corrected chi connectivity index (χ3v) is 12.2. The van der Waals surface area contributed by atoms with Gasteiger partial charge in [-0.05, 0) is 44.9 Å². The van der Waals surface area contributed by atoms with Crippen LogP contribution in [0, 0.1) is 0 Å². The van der Waals surface area contributed by atoms with Gasteiger partial charge < -0.3 is 40.3 Å². The van der Waals surface area contributed by atoms with Crippen molar-refractivity contribution in [2.75, 3.05) is 13.2 Å². The summed E-state index contributed by atoms with van der Waals surface area (Å²) in [6, 6.07) is -0.823. The number of carbonyl (C=O) groups excluding carboxylic acids is 1. The molecular formula is C52H97NO8. The summed E-state index contributed by atoms with van der Waals surface area (Å²) in [5.74, 6) is -0.196. The second kappa shape index (κ2) is 42.4. The predicted molar refractivity (Wildman–Crippen MR) is 253 cm³/mol. The number of rotatable bonds is 43. The van der Waals surface area contributed by atoms with Gasteiger partial charge in [-0.15, -0.1) is 0 Å². The van der Waals surface area contributed by atoms with E-state index in [0.717, 1.165) is 44.9 Å². The van der Waals surface area contributed by atoms with Crippen LogP contribution in [0.2, 0.25) is 0 Å². The highest BCUT2D eigenvalue weighted by molar-refractivity contribution is 5.76. The standard InChI is InChI=1S/C52H97NO8/c1-3-5-7-9-11-13-14-15-16-17-18-19-20-21-22-23-24-25-26-27-28-29-30-31-32-33-34-35-37-39-41-46(55)45(53-48(56)42-40-38-36-12-10-8-6-4-2)44-60-52-51(59)50(58)49(57)47(43-54)61-52/h29-30,33-34,39,41,45-47,49-52,54-55,57-59H,3-28,31-32,35-38,40,42-44H2,1-2H3,(H,53,56)/b30-29+,34-33+,41-39+. The number of allylic oxidation sites excluding steroid dienone is 5. The lowest BCUT2D eigenvalue weighted by Crippen LogP contribution is -2.60. The first-order valence-corrected chi connectivity index (χ1v) is 25.7. The van der Waals surface area contributed by atoms with Gasteiger partial charge in [-0.25, -0.2) is 0 Å². The van der Waals surface area contributed by atoms with E-state index in [2.05, 4.69) is 43.5 Å². The predicted octanol–water partition coefficient (Wildman–Crippen LogP) is 11.6. The van der Waals surface area contributed by atoms with Crippen molar-refractivity contribution < 1.29 is 39.8 Å². The van der Waals surface area contributed by atoms with Crippen molar-refractivity contribution in [3.63, 3.8) is 0 Å². The van der Waals surface area contributed by atoms with E-state index in [1.165, 1.54) is 167 Å². The highest BCUT2D eigenvalue weighted by Crippen LogP contribution is 2.23. The van der Waals surface area contributed by atoms with Crippen LogP contribution in [0.4, 0.5) is 0 Å². The molecule has 7 unspecified atom stereocenters. The SMILES string of the molecule is CCCCCCCCCCCCCCCCCCCCCC/C=C/CC/C=C/CC/C=C/C(O)C(COC1OC(CO)C(O)C(O)C1O)NC(=O)CCCCCCCCCC. The number of ether oxygens (including phenoxy) is 2. The molecule has 1 fully saturated rings. The van der Waals surface area contributed by atoms with Gasteiger partial charge in [0.15, 0.2) is 6.29 Å². The fraction of sp³-hybridized carbons (Fsp3) is 0.865. The number of amides is 1. The molecule has 0 aliphatic carbocycles. The van der Waals surface area contributed by atoms with Gasteiger partial charge in [0.1, 0.15) is 24.4 Å². The zero-order valence-corrected chi connectivity index (χ0v) is 39.4. The van der Waals surface area contributed by atoms with Crippen LogP contribution in [0.1, 0.15) is 232 Å². The van der Waals surface area contributed by atoms with Gasteiger partial charge in [0.05, 0.1) is 25.4 Å². The summed E-state index contributed by atoms with van der Waals surface area (Å²) >= 11 is 0. The third-order valence-electron chi connectivity index (χ3n) is 12.2. The number of unbranched alkanes of at least 4 members (excludes halogenated alkanes) is 29. The molecule has 0 spiro atoms. The normalized spacial score (nSPS) is 20.7. The van der Waals surface area contributed by atoms with Crippen molar-refractivity contribution in [3.05, 3.63) is 36.5 Å². The van der Waals surface area contributed by atoms with Gasteiger partial charge in [-0.3, -0.25) is 4.79 Å². The number of aliphatic hydroxyl groups is 5. The molecule has 1 amide bonds. The highest BCUT2D eigenvalue weighted by Gasteiger charge is 2.44. The maximum atomic E-state index is 12.8. The molecule has 0 bridgehead atoms. The minimum absolute atomic E-state index is 0.196. The molecule has 6 N–H and O–H groups in total. The first-order valence-electron chi connectivity index (χ1n) is 25.7. The Bertz CT molecular complexity index is 1050. The van der Waals surface area contributed by atoms with E-state index >= 15 is 0 Å². The Morgan fingerprint density at radius 2 is 0.934 bits per heavy atom. The van der Waals surface area contributed by atoms with Gasteiger partial charge in [-0.1, -0.05) is 217 Å². The lowest BCUT2D eigenvalue weighted by molar-refractivity contribution is -0.302. The molecule has 0 aromatic carbocycles. The number of carbonyl (C=O) groups is 1. The second-order valence-corrected chi connectivity index (χ2v) is 18.0. The Balaban J connectivity index is 2.19. The van der Waals surface area contributed by atoms with E-state index in [0.29, 0.717) is 6.42 Å². The van der Waals surface area contributed by atoms with Crippen LogP contribution in [0.15, 0.2) is 36.5 Å². The van der Waals surface area contributed by atoms with Crippen LogP contribution >= 0.6 is 0 Å². The molecule has 0 aromatic heterocycles. The van der Waals surface area contributed by atoms with E-state index < -0.39 is 49.5 Å². The molecule has 0 saturated carbocycles. The Hall–Kier alpha value is -1.59. The molecule has 0 radical (unpaired) electrons. The third kappa shape index (κ3) is 32.7. The van der Waals surface area contributed by atoms with Crippen LogP contribution in [0.5, 0.6) is 0 Å². The minimum Gasteiger partial charge on any atom is -0.394 e. The molecule has 1 aliphatic heterocycles. The molecule has 1 aliphatic rings. The smallest absolute Gasteiger partial charge is 0.220 e. The van der Waals surface area contributed by atoms with E-state index in [-0.39, 0.29) is 12.5 Å². The van der Waals surface area contributed by atoms with E-state index in [9.17, 15) is 30.3 Å². The van der Waals surface area contributed by atoms with Crippen LogP contribution in [0.3, 0.4) is 0 Å². The second-order valence-electron chi connectivity index (χ2n) is 18.0. The van der Waals surface area contributed by atoms with Crippen molar-refractivity contribution in [1.82, 2.24) is 5.32 Å². The van der Waals surface area contributed by atoms with Gasteiger partial charge in [-0.2, -0.15) is 0 Å². The highest BCUT2D eigenvalue weighted by atomic mass is 16.7. The molecule has 7 atom stereocenters. The molecule has 1 heterocycles. The van der Waals surface area contributed by atoms with E-state index in [1.807, 2.05) is 6.08 Å². The topological polar surface area (TPSA) is 149 Å². The Kier molecular flexibility index (Phi) is 39.9. The van der Waals surface area contributed by atoms with E-state index in [1.54, 1.807) is 6.08 Å². The lowest BCUT2D eigenvalue weighted by Gasteiger charge is -2.40. The van der Waals surface area contributed by atoms with Crippen molar-refractivity contribution in [2.45, 2.75) is 275 Å². The molecule has 61 heavy (non-hydrogen) atoms. The summed E-state index contributed by atoms with van der Waals surface area (Å²) in [7, 11) is 0. The van der Waals surface area contributed by atoms with Crippen LogP contribution in [-0.2, 0) is 14.3 Å². The molecule has 0 aromatic rings. The fourth-order valence-corrected chi connectivity index (χ4v) is 8.07. The molecule has 1 rings (SSSR count). The lowest BCUT2D eigenvalue weighted by atomic mass is 9.99.